The molecule has 1 aliphatic carbocycles. The van der Waals surface area contributed by atoms with Gasteiger partial charge in [0.2, 0.25) is 0 Å². The fourth-order valence-electron chi connectivity index (χ4n) is 3.56. The van der Waals surface area contributed by atoms with Crippen molar-refractivity contribution in [2.75, 3.05) is 14.2 Å². The van der Waals surface area contributed by atoms with Crippen molar-refractivity contribution in [2.45, 2.75) is 32.3 Å². The van der Waals surface area contributed by atoms with Crippen LogP contribution in [0.4, 0.5) is 0 Å². The number of benzene rings is 2. The highest BCUT2D eigenvalue weighted by molar-refractivity contribution is 7.13. The lowest BCUT2D eigenvalue weighted by molar-refractivity contribution is 0.0468. The SMILES string of the molecule is COc1ccc(-c2nc(COC(=O)c3ccc4c(c3)CCCC4)cs2)cc1OC. The summed E-state index contributed by atoms with van der Waals surface area (Å²) in [6.45, 7) is 0.152. The molecule has 0 bridgehead atoms. The number of hydrogen-bond acceptors (Lipinski definition) is 6. The van der Waals surface area contributed by atoms with Crippen molar-refractivity contribution < 1.29 is 19.0 Å². The fraction of sp³-hybridized carbons (Fsp3) is 0.304. The number of carbonyl (C=O) groups is 1. The van der Waals surface area contributed by atoms with Crippen LogP contribution >= 0.6 is 11.3 Å². The summed E-state index contributed by atoms with van der Waals surface area (Å²) in [5, 5.41) is 2.75. The average Bonchev–Trinajstić information content (AvgIpc) is 3.25. The second kappa shape index (κ2) is 8.66. The molecule has 0 fully saturated rings. The van der Waals surface area contributed by atoms with Crippen molar-refractivity contribution in [1.82, 2.24) is 4.98 Å². The average molecular weight is 410 g/mol. The number of aryl methyl sites for hydroxylation is 2. The molecule has 0 unspecified atom stereocenters. The van der Waals surface area contributed by atoms with E-state index in [-0.39, 0.29) is 12.6 Å². The highest BCUT2D eigenvalue weighted by Gasteiger charge is 2.15. The Kier molecular flexibility index (Phi) is 5.81. The van der Waals surface area contributed by atoms with Crippen molar-refractivity contribution in [3.05, 3.63) is 64.2 Å². The van der Waals surface area contributed by atoms with Crippen molar-refractivity contribution in [1.29, 1.82) is 0 Å². The van der Waals surface area contributed by atoms with Crippen LogP contribution in [0, 0.1) is 0 Å². The quantitative estimate of drug-likeness (QED) is 0.533. The van der Waals surface area contributed by atoms with Gasteiger partial charge in [-0.2, -0.15) is 0 Å². The third-order valence-corrected chi connectivity index (χ3v) is 6.06. The van der Waals surface area contributed by atoms with E-state index in [0.717, 1.165) is 29.1 Å². The molecule has 0 N–H and O–H groups in total. The molecule has 3 aromatic rings. The molecule has 0 saturated carbocycles. The molecule has 150 valence electrons. The van der Waals surface area contributed by atoms with Gasteiger partial charge in [-0.1, -0.05) is 6.07 Å². The molecular weight excluding hydrogens is 386 g/mol. The molecule has 0 atom stereocenters. The molecule has 6 heteroatoms. The largest absolute Gasteiger partial charge is 0.493 e. The van der Waals surface area contributed by atoms with Gasteiger partial charge < -0.3 is 14.2 Å². The Labute approximate surface area is 174 Å². The molecule has 0 aliphatic heterocycles. The van der Waals surface area contributed by atoms with Crippen LogP contribution in [0.2, 0.25) is 0 Å². The molecule has 0 amide bonds. The maximum absolute atomic E-state index is 12.5. The maximum atomic E-state index is 12.5. The van der Waals surface area contributed by atoms with Crippen LogP contribution in [-0.4, -0.2) is 25.2 Å². The zero-order valence-electron chi connectivity index (χ0n) is 16.6. The van der Waals surface area contributed by atoms with Gasteiger partial charge in [-0.3, -0.25) is 0 Å². The Balaban J connectivity index is 1.42. The summed E-state index contributed by atoms with van der Waals surface area (Å²) < 4.78 is 16.1. The number of aromatic nitrogens is 1. The topological polar surface area (TPSA) is 57.7 Å². The molecule has 4 rings (SSSR count). The molecule has 0 saturated heterocycles. The van der Waals surface area contributed by atoms with Crippen LogP contribution in [0.15, 0.2) is 41.8 Å². The molecule has 29 heavy (non-hydrogen) atoms. The van der Waals surface area contributed by atoms with E-state index in [1.807, 2.05) is 35.7 Å². The Bertz CT molecular complexity index is 1030. The van der Waals surface area contributed by atoms with Gasteiger partial charge >= 0.3 is 5.97 Å². The monoisotopic (exact) mass is 409 g/mol. The predicted molar refractivity (Wildman–Crippen MR) is 113 cm³/mol. The van der Waals surface area contributed by atoms with Gasteiger partial charge in [0.15, 0.2) is 11.5 Å². The number of thiazole rings is 1. The van der Waals surface area contributed by atoms with E-state index in [1.165, 1.54) is 35.3 Å². The minimum absolute atomic E-state index is 0.152. The zero-order chi connectivity index (χ0) is 20.2. The lowest BCUT2D eigenvalue weighted by atomic mass is 9.90. The summed E-state index contributed by atoms with van der Waals surface area (Å²) in [4.78, 5) is 17.0. The fourth-order valence-corrected chi connectivity index (χ4v) is 4.36. The first-order valence-electron chi connectivity index (χ1n) is 9.63. The van der Waals surface area contributed by atoms with Crippen LogP contribution in [0.1, 0.15) is 40.0 Å². The van der Waals surface area contributed by atoms with E-state index >= 15 is 0 Å². The van der Waals surface area contributed by atoms with Gasteiger partial charge in [-0.25, -0.2) is 9.78 Å². The van der Waals surface area contributed by atoms with Crippen LogP contribution in [-0.2, 0) is 24.2 Å². The van der Waals surface area contributed by atoms with Crippen LogP contribution < -0.4 is 9.47 Å². The van der Waals surface area contributed by atoms with E-state index in [4.69, 9.17) is 14.2 Å². The predicted octanol–water partition coefficient (Wildman–Crippen LogP) is 5.06. The Morgan fingerprint density at radius 2 is 1.79 bits per heavy atom. The first kappa shape index (κ1) is 19.5. The van der Waals surface area contributed by atoms with E-state index in [9.17, 15) is 4.79 Å². The summed E-state index contributed by atoms with van der Waals surface area (Å²) in [7, 11) is 3.21. The van der Waals surface area contributed by atoms with Crippen LogP contribution in [0.3, 0.4) is 0 Å². The summed E-state index contributed by atoms with van der Waals surface area (Å²) >= 11 is 1.50. The standard InChI is InChI=1S/C23H23NO4S/c1-26-20-10-9-17(12-21(20)27-2)22-24-19(14-29-22)13-28-23(25)18-8-7-15-5-3-4-6-16(15)11-18/h7-12,14H,3-6,13H2,1-2H3. The lowest BCUT2D eigenvalue weighted by Crippen LogP contribution is -2.09. The minimum Gasteiger partial charge on any atom is -0.493 e. The summed E-state index contributed by atoms with van der Waals surface area (Å²) in [6.07, 6.45) is 4.55. The molecule has 1 aromatic heterocycles. The molecule has 1 aliphatic rings. The molecule has 1 heterocycles. The smallest absolute Gasteiger partial charge is 0.338 e. The number of methoxy groups -OCH3 is 2. The van der Waals surface area contributed by atoms with Gasteiger partial charge in [-0.15, -0.1) is 11.3 Å². The van der Waals surface area contributed by atoms with E-state index in [1.54, 1.807) is 14.2 Å². The molecule has 0 spiro atoms. The first-order valence-corrected chi connectivity index (χ1v) is 10.5. The first-order chi connectivity index (χ1) is 14.2. The van der Waals surface area contributed by atoms with E-state index < -0.39 is 0 Å². The lowest BCUT2D eigenvalue weighted by Gasteiger charge is -2.16. The van der Waals surface area contributed by atoms with Gasteiger partial charge in [0.1, 0.15) is 11.6 Å². The van der Waals surface area contributed by atoms with Gasteiger partial charge in [-0.05, 0) is 67.1 Å². The third kappa shape index (κ3) is 4.27. The normalized spacial score (nSPS) is 12.9. The molecule has 2 aromatic carbocycles. The second-order valence-corrected chi connectivity index (χ2v) is 7.84. The number of ether oxygens (including phenoxy) is 3. The molecule has 5 nitrogen and oxygen atoms in total. The minimum atomic E-state index is -0.306. The van der Waals surface area contributed by atoms with Gasteiger partial charge in [0, 0.05) is 10.9 Å². The van der Waals surface area contributed by atoms with Crippen LogP contribution in [0.25, 0.3) is 10.6 Å². The summed E-state index contributed by atoms with van der Waals surface area (Å²) in [6, 6.07) is 11.6. The number of fused-ring (bicyclic) bond motifs is 1. The third-order valence-electron chi connectivity index (χ3n) is 5.12. The number of hydrogen-bond donors (Lipinski definition) is 0. The number of nitrogens with zero attached hydrogens (tertiary/aromatic N) is 1. The Morgan fingerprint density at radius 1 is 1.00 bits per heavy atom. The molecule has 0 radical (unpaired) electrons. The van der Waals surface area contributed by atoms with Gasteiger partial charge in [0.05, 0.1) is 25.5 Å². The number of esters is 1. The Morgan fingerprint density at radius 3 is 2.59 bits per heavy atom. The maximum Gasteiger partial charge on any atom is 0.338 e. The van der Waals surface area contributed by atoms with Crippen molar-refractivity contribution >= 4 is 17.3 Å². The van der Waals surface area contributed by atoms with E-state index in [2.05, 4.69) is 11.1 Å². The van der Waals surface area contributed by atoms with Crippen molar-refractivity contribution in [3.8, 4) is 22.1 Å². The summed E-state index contributed by atoms with van der Waals surface area (Å²) in [5.74, 6) is 1.02. The second-order valence-electron chi connectivity index (χ2n) is 6.98. The van der Waals surface area contributed by atoms with Crippen LogP contribution in [0.5, 0.6) is 11.5 Å². The summed E-state index contributed by atoms with van der Waals surface area (Å²) in [5.41, 5.74) is 4.90. The number of carbonyl (C=O) groups excluding carboxylic acids is 1. The Hall–Kier alpha value is -2.86. The number of rotatable bonds is 6. The highest BCUT2D eigenvalue weighted by Crippen LogP contribution is 2.33. The van der Waals surface area contributed by atoms with E-state index in [0.29, 0.717) is 17.1 Å². The van der Waals surface area contributed by atoms with Crippen molar-refractivity contribution in [3.63, 3.8) is 0 Å². The van der Waals surface area contributed by atoms with Gasteiger partial charge in [0.25, 0.3) is 0 Å². The molecular formula is C23H23NO4S. The zero-order valence-corrected chi connectivity index (χ0v) is 17.4. The highest BCUT2D eigenvalue weighted by atomic mass is 32.1. The van der Waals surface area contributed by atoms with Crippen molar-refractivity contribution in [2.24, 2.45) is 0 Å².